The maximum atomic E-state index is 14.7. The van der Waals surface area contributed by atoms with Crippen LogP contribution in [0.3, 0.4) is 0 Å². The first-order valence-corrected chi connectivity index (χ1v) is 11.3. The van der Waals surface area contributed by atoms with Gasteiger partial charge in [-0.1, -0.05) is 47.6 Å². The van der Waals surface area contributed by atoms with Crippen LogP contribution in [0.2, 0.25) is 5.02 Å². The second-order valence-electron chi connectivity index (χ2n) is 6.92. The number of esters is 1. The molecule has 3 rings (SSSR count). The van der Waals surface area contributed by atoms with Crippen molar-refractivity contribution >= 4 is 46.8 Å². The van der Waals surface area contributed by atoms with Gasteiger partial charge >= 0.3 is 5.97 Å². The quantitative estimate of drug-likeness (QED) is 0.451. The van der Waals surface area contributed by atoms with Crippen LogP contribution >= 0.6 is 23.4 Å². The highest BCUT2D eigenvalue weighted by Gasteiger charge is 2.45. The van der Waals surface area contributed by atoms with Crippen molar-refractivity contribution in [3.8, 4) is 6.07 Å². The van der Waals surface area contributed by atoms with Gasteiger partial charge in [-0.3, -0.25) is 14.4 Å². The normalized spacial score (nSPS) is 17.7. The van der Waals surface area contributed by atoms with Crippen molar-refractivity contribution in [3.63, 3.8) is 0 Å². The van der Waals surface area contributed by atoms with Crippen molar-refractivity contribution in [2.45, 2.75) is 12.8 Å². The zero-order chi connectivity index (χ0) is 24.0. The van der Waals surface area contributed by atoms with Gasteiger partial charge in [0, 0.05) is 16.6 Å². The molecule has 1 aliphatic rings. The van der Waals surface area contributed by atoms with Crippen LogP contribution in [-0.2, 0) is 19.1 Å². The number of hydrogen-bond donors (Lipinski definition) is 2. The molecule has 33 heavy (non-hydrogen) atoms. The molecule has 0 saturated carbocycles. The van der Waals surface area contributed by atoms with E-state index in [1.165, 1.54) is 18.2 Å². The van der Waals surface area contributed by atoms with Crippen LogP contribution in [0.1, 0.15) is 18.4 Å². The Kier molecular flexibility index (Phi) is 8.09. The van der Waals surface area contributed by atoms with Gasteiger partial charge in [0.1, 0.15) is 11.7 Å². The molecule has 2 aromatic rings. The number of thioether (sulfide) groups is 1. The molecule has 0 radical (unpaired) electrons. The van der Waals surface area contributed by atoms with Crippen molar-refractivity contribution in [2.24, 2.45) is 5.92 Å². The Morgan fingerprint density at radius 1 is 1.27 bits per heavy atom. The molecule has 0 fully saturated rings. The van der Waals surface area contributed by atoms with Crippen molar-refractivity contribution in [2.75, 3.05) is 17.7 Å². The van der Waals surface area contributed by atoms with E-state index in [0.29, 0.717) is 10.7 Å². The molecule has 7 nitrogen and oxygen atoms in total. The predicted molar refractivity (Wildman–Crippen MR) is 123 cm³/mol. The van der Waals surface area contributed by atoms with Gasteiger partial charge in [-0.05, 0) is 36.8 Å². The van der Waals surface area contributed by atoms with E-state index in [1.807, 2.05) is 6.07 Å². The molecule has 0 saturated heterocycles. The van der Waals surface area contributed by atoms with Crippen LogP contribution in [-0.4, -0.2) is 30.1 Å². The third-order valence-corrected chi connectivity index (χ3v) is 6.02. The van der Waals surface area contributed by atoms with Gasteiger partial charge < -0.3 is 15.4 Å². The monoisotopic (exact) mass is 487 g/mol. The number of halogens is 2. The molecule has 1 heterocycles. The van der Waals surface area contributed by atoms with Gasteiger partial charge in [0.2, 0.25) is 11.8 Å². The molecule has 2 aromatic carbocycles. The summed E-state index contributed by atoms with van der Waals surface area (Å²) in [4.78, 5) is 37.8. The van der Waals surface area contributed by atoms with Crippen molar-refractivity contribution in [1.29, 1.82) is 5.26 Å². The number of benzene rings is 2. The summed E-state index contributed by atoms with van der Waals surface area (Å²) in [5.41, 5.74) is 0.476. The molecule has 2 unspecified atom stereocenters. The molecule has 170 valence electrons. The topological polar surface area (TPSA) is 108 Å². The summed E-state index contributed by atoms with van der Waals surface area (Å²) in [5, 5.41) is 15.6. The summed E-state index contributed by atoms with van der Waals surface area (Å²) >= 11 is 6.82. The van der Waals surface area contributed by atoms with E-state index >= 15 is 0 Å². The minimum atomic E-state index is -1.44. The van der Waals surface area contributed by atoms with Gasteiger partial charge in [-0.2, -0.15) is 5.26 Å². The second-order valence-corrected chi connectivity index (χ2v) is 8.34. The fourth-order valence-electron chi connectivity index (χ4n) is 3.39. The lowest BCUT2D eigenvalue weighted by Gasteiger charge is -2.31. The van der Waals surface area contributed by atoms with Crippen molar-refractivity contribution in [1.82, 2.24) is 5.32 Å². The van der Waals surface area contributed by atoms with Crippen LogP contribution in [0.4, 0.5) is 10.1 Å². The molecule has 2 atom stereocenters. The van der Waals surface area contributed by atoms with Crippen LogP contribution in [0.5, 0.6) is 0 Å². The zero-order valence-electron chi connectivity index (χ0n) is 17.4. The fraction of sp³-hybridized carbons (Fsp3) is 0.217. The van der Waals surface area contributed by atoms with E-state index in [4.69, 9.17) is 16.3 Å². The van der Waals surface area contributed by atoms with Crippen LogP contribution < -0.4 is 10.6 Å². The minimum Gasteiger partial charge on any atom is -0.465 e. The number of hydrogen-bond acceptors (Lipinski definition) is 6. The Morgan fingerprint density at radius 2 is 2.03 bits per heavy atom. The average molecular weight is 488 g/mol. The maximum Gasteiger partial charge on any atom is 0.319 e. The summed E-state index contributed by atoms with van der Waals surface area (Å²) in [6.45, 7) is 1.60. The zero-order valence-corrected chi connectivity index (χ0v) is 19.0. The highest BCUT2D eigenvalue weighted by atomic mass is 35.5. The Balaban J connectivity index is 1.91. The number of nitriles is 1. The SMILES string of the molecule is CCOC(=O)C1C(=O)NC(SCC(=O)Nc2cccc(Cl)c2)=C(C#N)C1c1ccccc1F. The fourth-order valence-corrected chi connectivity index (χ4v) is 4.43. The third kappa shape index (κ3) is 5.72. The van der Waals surface area contributed by atoms with Crippen LogP contribution in [0.15, 0.2) is 59.1 Å². The van der Waals surface area contributed by atoms with Gasteiger partial charge in [0.15, 0.2) is 0 Å². The predicted octanol–water partition coefficient (Wildman–Crippen LogP) is 3.98. The molecule has 0 aliphatic carbocycles. The van der Waals surface area contributed by atoms with E-state index < -0.39 is 35.4 Å². The number of amides is 2. The molecular weight excluding hydrogens is 469 g/mol. The Hall–Kier alpha value is -3.35. The number of nitrogens with one attached hydrogen (secondary N) is 2. The first kappa shape index (κ1) is 24.3. The first-order valence-electron chi connectivity index (χ1n) is 9.90. The number of carbonyl (C=O) groups is 3. The summed E-state index contributed by atoms with van der Waals surface area (Å²) in [7, 11) is 0. The smallest absolute Gasteiger partial charge is 0.319 e. The Morgan fingerprint density at radius 3 is 2.70 bits per heavy atom. The lowest BCUT2D eigenvalue weighted by atomic mass is 9.78. The standard InChI is InChI=1S/C23H19ClFN3O4S/c1-2-32-23(31)20-19(15-8-3-4-9-17(15)25)16(11-26)22(28-21(20)30)33-12-18(29)27-14-7-5-6-13(24)10-14/h3-10,19-20H,2,12H2,1H3,(H,27,29)(H,28,30). The highest BCUT2D eigenvalue weighted by molar-refractivity contribution is 8.03. The van der Waals surface area contributed by atoms with E-state index in [-0.39, 0.29) is 28.5 Å². The molecule has 0 spiro atoms. The van der Waals surface area contributed by atoms with Crippen LogP contribution in [0, 0.1) is 23.1 Å². The first-order chi connectivity index (χ1) is 15.8. The summed E-state index contributed by atoms with van der Waals surface area (Å²) in [6.07, 6.45) is 0. The lowest BCUT2D eigenvalue weighted by Crippen LogP contribution is -2.44. The van der Waals surface area contributed by atoms with E-state index in [1.54, 1.807) is 37.3 Å². The number of ether oxygens (including phenoxy) is 1. The Bertz CT molecular complexity index is 1160. The maximum absolute atomic E-state index is 14.7. The van der Waals surface area contributed by atoms with Gasteiger partial charge in [-0.25, -0.2) is 4.39 Å². The second kappa shape index (κ2) is 11.0. The molecule has 2 N–H and O–H groups in total. The average Bonchev–Trinajstić information content (AvgIpc) is 2.77. The minimum absolute atomic E-state index is 0.0171. The molecule has 1 aliphatic heterocycles. The Labute approximate surface area is 198 Å². The molecule has 2 amide bonds. The van der Waals surface area contributed by atoms with E-state index in [0.717, 1.165) is 11.8 Å². The number of rotatable bonds is 7. The van der Waals surface area contributed by atoms with Gasteiger partial charge in [0.25, 0.3) is 0 Å². The molecular formula is C23H19ClFN3O4S. The molecule has 0 aromatic heterocycles. The number of nitrogens with zero attached hydrogens (tertiary/aromatic N) is 1. The molecule has 10 heteroatoms. The van der Waals surface area contributed by atoms with E-state index in [2.05, 4.69) is 10.6 Å². The lowest BCUT2D eigenvalue weighted by molar-refractivity contribution is -0.152. The third-order valence-electron chi connectivity index (χ3n) is 4.77. The highest BCUT2D eigenvalue weighted by Crippen LogP contribution is 2.41. The summed E-state index contributed by atoms with van der Waals surface area (Å²) in [5.74, 6) is -5.46. The van der Waals surface area contributed by atoms with Crippen molar-refractivity contribution in [3.05, 3.63) is 75.5 Å². The van der Waals surface area contributed by atoms with Gasteiger partial charge in [-0.15, -0.1) is 0 Å². The summed E-state index contributed by atoms with van der Waals surface area (Å²) in [6, 6.07) is 14.2. The number of carbonyl (C=O) groups excluding carboxylic acids is 3. The van der Waals surface area contributed by atoms with Gasteiger partial charge in [0.05, 0.1) is 29.0 Å². The number of anilines is 1. The largest absolute Gasteiger partial charge is 0.465 e. The summed E-state index contributed by atoms with van der Waals surface area (Å²) < 4.78 is 19.7. The van der Waals surface area contributed by atoms with E-state index in [9.17, 15) is 24.0 Å². The number of allylic oxidation sites excluding steroid dienone is 1. The molecule has 0 bridgehead atoms. The van der Waals surface area contributed by atoms with Crippen molar-refractivity contribution < 1.29 is 23.5 Å². The van der Waals surface area contributed by atoms with Crippen LogP contribution in [0.25, 0.3) is 0 Å².